The van der Waals surface area contributed by atoms with E-state index in [0.717, 1.165) is 25.7 Å². The molecule has 0 spiro atoms. The number of carboxylic acid groups (broad SMARTS) is 1. The van der Waals surface area contributed by atoms with Gasteiger partial charge in [0.1, 0.15) is 5.54 Å². The van der Waals surface area contributed by atoms with Gasteiger partial charge in [0.05, 0.1) is 0 Å². The van der Waals surface area contributed by atoms with Crippen LogP contribution in [0.25, 0.3) is 0 Å². The van der Waals surface area contributed by atoms with Gasteiger partial charge in [0, 0.05) is 12.6 Å². The van der Waals surface area contributed by atoms with Crippen molar-refractivity contribution in [3.05, 3.63) is 0 Å². The number of nitrogens with zero attached hydrogens (tertiary/aromatic N) is 1. The lowest BCUT2D eigenvalue weighted by Crippen LogP contribution is -2.57. The summed E-state index contributed by atoms with van der Waals surface area (Å²) in [6.07, 6.45) is 4.80. The standard InChI is InChI=1S/C14H27N3O3/c1-11(17(2)3)10-15-13(20)16-14(12(18)19)8-6-4-5-7-9-14/h11H,4-10H2,1-3H3,(H,18,19)(H2,15,16,20). The summed E-state index contributed by atoms with van der Waals surface area (Å²) in [5.74, 6) is -0.921. The van der Waals surface area contributed by atoms with E-state index in [4.69, 9.17) is 0 Å². The first-order valence-electron chi connectivity index (χ1n) is 7.33. The minimum absolute atomic E-state index is 0.204. The van der Waals surface area contributed by atoms with Crippen LogP contribution in [0.3, 0.4) is 0 Å². The minimum Gasteiger partial charge on any atom is -0.480 e. The molecule has 0 saturated heterocycles. The SMILES string of the molecule is CC(CNC(=O)NC1(C(=O)O)CCCCCC1)N(C)C. The van der Waals surface area contributed by atoms with Crippen LogP contribution in [0.1, 0.15) is 45.4 Å². The Morgan fingerprint density at radius 2 is 1.75 bits per heavy atom. The fourth-order valence-corrected chi connectivity index (χ4v) is 2.41. The third kappa shape index (κ3) is 4.67. The number of likely N-dealkylation sites (N-methyl/N-ethyl adjacent to an activating group) is 1. The molecular weight excluding hydrogens is 258 g/mol. The normalized spacial score (nSPS) is 20.0. The van der Waals surface area contributed by atoms with Crippen LogP contribution in [-0.4, -0.2) is 54.2 Å². The molecule has 6 nitrogen and oxygen atoms in total. The molecule has 0 aromatic rings. The van der Waals surface area contributed by atoms with E-state index in [-0.39, 0.29) is 12.1 Å². The minimum atomic E-state index is -1.10. The van der Waals surface area contributed by atoms with Crippen LogP contribution in [0.5, 0.6) is 0 Å². The van der Waals surface area contributed by atoms with E-state index < -0.39 is 11.5 Å². The topological polar surface area (TPSA) is 81.7 Å². The lowest BCUT2D eigenvalue weighted by atomic mass is 9.90. The Balaban J connectivity index is 2.57. The summed E-state index contributed by atoms with van der Waals surface area (Å²) in [6.45, 7) is 2.49. The average molecular weight is 285 g/mol. The van der Waals surface area contributed by atoms with Gasteiger partial charge in [-0.3, -0.25) is 0 Å². The first-order chi connectivity index (χ1) is 9.37. The second kappa shape index (κ2) is 7.47. The van der Waals surface area contributed by atoms with Gasteiger partial charge in [0.2, 0.25) is 0 Å². The van der Waals surface area contributed by atoms with E-state index in [9.17, 15) is 14.7 Å². The van der Waals surface area contributed by atoms with Crippen LogP contribution in [0.4, 0.5) is 4.79 Å². The molecule has 0 bridgehead atoms. The number of amides is 2. The van der Waals surface area contributed by atoms with E-state index in [1.165, 1.54) is 0 Å². The molecule has 0 aromatic carbocycles. The third-order valence-electron chi connectivity index (χ3n) is 4.16. The zero-order chi connectivity index (χ0) is 15.2. The van der Waals surface area contributed by atoms with E-state index in [0.29, 0.717) is 19.4 Å². The molecule has 0 aromatic heterocycles. The Labute approximate surface area is 120 Å². The molecule has 3 N–H and O–H groups in total. The Morgan fingerprint density at radius 1 is 1.20 bits per heavy atom. The number of carbonyl (C=O) groups is 2. The van der Waals surface area contributed by atoms with E-state index in [1.807, 2.05) is 25.9 Å². The number of nitrogens with one attached hydrogen (secondary N) is 2. The lowest BCUT2D eigenvalue weighted by molar-refractivity contribution is -0.145. The quantitative estimate of drug-likeness (QED) is 0.667. The largest absolute Gasteiger partial charge is 0.480 e. The van der Waals surface area contributed by atoms with E-state index in [2.05, 4.69) is 10.6 Å². The Morgan fingerprint density at radius 3 is 2.20 bits per heavy atom. The third-order valence-corrected chi connectivity index (χ3v) is 4.16. The molecule has 20 heavy (non-hydrogen) atoms. The molecule has 0 heterocycles. The molecule has 0 radical (unpaired) electrons. The van der Waals surface area contributed by atoms with Crippen molar-refractivity contribution in [2.45, 2.75) is 57.0 Å². The Kier molecular flexibility index (Phi) is 6.26. The van der Waals surface area contributed by atoms with Crippen LogP contribution in [0.2, 0.25) is 0 Å². The van der Waals surface area contributed by atoms with Crippen molar-refractivity contribution in [2.24, 2.45) is 0 Å². The van der Waals surface area contributed by atoms with Gasteiger partial charge in [0.25, 0.3) is 0 Å². The number of hydrogen-bond acceptors (Lipinski definition) is 3. The van der Waals surface area contributed by atoms with Crippen molar-refractivity contribution in [3.63, 3.8) is 0 Å². The molecular formula is C14H27N3O3. The first kappa shape index (κ1) is 16.8. The van der Waals surface area contributed by atoms with Gasteiger partial charge in [-0.05, 0) is 33.9 Å². The predicted octanol–water partition coefficient (Wildman–Crippen LogP) is 1.41. The molecule has 1 saturated carbocycles. The van der Waals surface area contributed by atoms with Crippen molar-refractivity contribution in [3.8, 4) is 0 Å². The van der Waals surface area contributed by atoms with Gasteiger partial charge in [-0.2, -0.15) is 0 Å². The number of rotatable bonds is 5. The van der Waals surface area contributed by atoms with Gasteiger partial charge >= 0.3 is 12.0 Å². The summed E-state index contributed by atoms with van der Waals surface area (Å²) in [4.78, 5) is 25.5. The Bertz CT molecular complexity index is 337. The second-order valence-corrected chi connectivity index (χ2v) is 5.95. The number of carbonyl (C=O) groups excluding carboxylic acids is 1. The summed E-state index contributed by atoms with van der Waals surface area (Å²) in [7, 11) is 3.88. The van der Waals surface area contributed by atoms with Crippen LogP contribution >= 0.6 is 0 Å². The van der Waals surface area contributed by atoms with Crippen LogP contribution in [-0.2, 0) is 4.79 Å². The van der Waals surface area contributed by atoms with Crippen LogP contribution < -0.4 is 10.6 Å². The van der Waals surface area contributed by atoms with Gasteiger partial charge in [-0.25, -0.2) is 9.59 Å². The van der Waals surface area contributed by atoms with Crippen molar-refractivity contribution >= 4 is 12.0 Å². The highest BCUT2D eigenvalue weighted by molar-refractivity contribution is 5.86. The van der Waals surface area contributed by atoms with Crippen molar-refractivity contribution in [1.29, 1.82) is 0 Å². The lowest BCUT2D eigenvalue weighted by Gasteiger charge is -2.30. The van der Waals surface area contributed by atoms with Gasteiger partial charge in [0.15, 0.2) is 0 Å². The number of carboxylic acids is 1. The van der Waals surface area contributed by atoms with Crippen molar-refractivity contribution in [1.82, 2.24) is 15.5 Å². The number of hydrogen-bond donors (Lipinski definition) is 3. The molecule has 6 heteroatoms. The highest BCUT2D eigenvalue weighted by Gasteiger charge is 2.40. The summed E-state index contributed by atoms with van der Waals surface area (Å²) in [5.41, 5.74) is -1.10. The highest BCUT2D eigenvalue weighted by atomic mass is 16.4. The van der Waals surface area contributed by atoms with Gasteiger partial charge < -0.3 is 20.6 Å². The molecule has 1 aliphatic carbocycles. The zero-order valence-corrected chi connectivity index (χ0v) is 12.7. The monoisotopic (exact) mass is 285 g/mol. The molecule has 0 aliphatic heterocycles. The van der Waals surface area contributed by atoms with E-state index >= 15 is 0 Å². The molecule has 1 rings (SSSR count). The summed E-state index contributed by atoms with van der Waals surface area (Å²) < 4.78 is 0. The number of aliphatic carboxylic acids is 1. The molecule has 1 atom stereocenters. The summed E-state index contributed by atoms with van der Waals surface area (Å²) in [6, 6.07) is -0.182. The van der Waals surface area contributed by atoms with E-state index in [1.54, 1.807) is 0 Å². The van der Waals surface area contributed by atoms with Gasteiger partial charge in [-0.1, -0.05) is 25.7 Å². The fraction of sp³-hybridized carbons (Fsp3) is 0.857. The molecule has 1 unspecified atom stereocenters. The maximum Gasteiger partial charge on any atom is 0.329 e. The smallest absolute Gasteiger partial charge is 0.329 e. The fourth-order valence-electron chi connectivity index (χ4n) is 2.41. The summed E-state index contributed by atoms with van der Waals surface area (Å²) >= 11 is 0. The average Bonchev–Trinajstić information content (AvgIpc) is 2.62. The maximum atomic E-state index is 12.0. The summed E-state index contributed by atoms with van der Waals surface area (Å²) in [5, 5.41) is 14.9. The Hall–Kier alpha value is -1.30. The van der Waals surface area contributed by atoms with Crippen LogP contribution in [0, 0.1) is 0 Å². The maximum absolute atomic E-state index is 12.0. The molecule has 1 aliphatic rings. The second-order valence-electron chi connectivity index (χ2n) is 5.95. The highest BCUT2D eigenvalue weighted by Crippen LogP contribution is 2.27. The molecule has 2 amide bonds. The first-order valence-corrected chi connectivity index (χ1v) is 7.33. The van der Waals surface area contributed by atoms with Crippen molar-refractivity contribution in [2.75, 3.05) is 20.6 Å². The zero-order valence-electron chi connectivity index (χ0n) is 12.7. The molecule has 116 valence electrons. The molecule has 1 fully saturated rings. The van der Waals surface area contributed by atoms with Crippen LogP contribution in [0.15, 0.2) is 0 Å². The predicted molar refractivity (Wildman–Crippen MR) is 77.8 cm³/mol. The van der Waals surface area contributed by atoms with Gasteiger partial charge in [-0.15, -0.1) is 0 Å². The number of urea groups is 1. The van der Waals surface area contributed by atoms with Crippen molar-refractivity contribution < 1.29 is 14.7 Å².